The monoisotopic (exact) mass is 547 g/mol. The molecule has 0 bridgehead atoms. The van der Waals surface area contributed by atoms with Gasteiger partial charge in [0.1, 0.15) is 0 Å². The third-order valence-electron chi connectivity index (χ3n) is 7.83. The molecule has 5 rings (SSSR count). The first-order valence-corrected chi connectivity index (χ1v) is 13.5. The maximum Gasteiger partial charge on any atom is 0.237 e. The fraction of sp³-hybridized carbons (Fsp3) is 0.300. The highest BCUT2D eigenvalue weighted by Crippen LogP contribution is 2.57. The van der Waals surface area contributed by atoms with Crippen molar-refractivity contribution in [2.45, 2.75) is 38.6 Å². The summed E-state index contributed by atoms with van der Waals surface area (Å²) in [6.07, 6.45) is 5.00. The smallest absolute Gasteiger partial charge is 0.237 e. The second kappa shape index (κ2) is 10.9. The van der Waals surface area contributed by atoms with Crippen molar-refractivity contribution in [1.29, 1.82) is 0 Å². The molecule has 2 heterocycles. The van der Waals surface area contributed by atoms with E-state index in [9.17, 15) is 4.79 Å². The number of hydrogen-bond acceptors (Lipinski definition) is 4. The van der Waals surface area contributed by atoms with Crippen LogP contribution in [-0.4, -0.2) is 33.3 Å². The van der Waals surface area contributed by atoms with Crippen LogP contribution in [0.25, 0.3) is 16.9 Å². The Bertz CT molecular complexity index is 1420. The van der Waals surface area contributed by atoms with Crippen LogP contribution in [0.3, 0.4) is 0 Å². The highest BCUT2D eigenvalue weighted by molar-refractivity contribution is 6.42. The van der Waals surface area contributed by atoms with E-state index in [-0.39, 0.29) is 17.2 Å². The van der Waals surface area contributed by atoms with Gasteiger partial charge in [0, 0.05) is 36.1 Å². The summed E-state index contributed by atoms with van der Waals surface area (Å²) in [6, 6.07) is 20.9. The minimum absolute atomic E-state index is 0.0724. The van der Waals surface area contributed by atoms with Crippen LogP contribution in [0, 0.1) is 11.3 Å². The lowest BCUT2D eigenvalue weighted by Gasteiger charge is -2.52. The van der Waals surface area contributed by atoms with Gasteiger partial charge in [0.15, 0.2) is 0 Å². The maximum atomic E-state index is 12.7. The van der Waals surface area contributed by atoms with E-state index in [4.69, 9.17) is 34.0 Å². The molecule has 0 saturated heterocycles. The van der Waals surface area contributed by atoms with Crippen molar-refractivity contribution in [3.63, 3.8) is 0 Å². The van der Waals surface area contributed by atoms with E-state index in [1.54, 1.807) is 12.3 Å². The average molecular weight is 549 g/mol. The van der Waals surface area contributed by atoms with Crippen LogP contribution in [0.1, 0.15) is 37.4 Å². The molecule has 1 saturated carbocycles. The van der Waals surface area contributed by atoms with Gasteiger partial charge in [-0.15, -0.1) is 0 Å². The summed E-state index contributed by atoms with van der Waals surface area (Å²) < 4.78 is 1.96. The number of amides is 1. The van der Waals surface area contributed by atoms with Gasteiger partial charge in [-0.2, -0.15) is 5.10 Å². The number of nitrogens with one attached hydrogen (secondary N) is 1. The molecule has 196 valence electrons. The fourth-order valence-corrected chi connectivity index (χ4v) is 5.59. The Labute approximate surface area is 233 Å². The van der Waals surface area contributed by atoms with Gasteiger partial charge in [-0.3, -0.25) is 9.78 Å². The fourth-order valence-electron chi connectivity index (χ4n) is 5.30. The lowest BCUT2D eigenvalue weighted by molar-refractivity contribution is -0.123. The highest BCUT2D eigenvalue weighted by Gasteiger charge is 2.50. The summed E-state index contributed by atoms with van der Waals surface area (Å²) in [6.45, 7) is 5.08. The molecule has 4 aromatic rings. The summed E-state index contributed by atoms with van der Waals surface area (Å²) in [5.41, 5.74) is 10.9. The molecule has 1 aliphatic carbocycles. The van der Waals surface area contributed by atoms with Gasteiger partial charge in [-0.1, -0.05) is 67.4 Å². The molecule has 38 heavy (non-hydrogen) atoms. The lowest BCUT2D eigenvalue weighted by atomic mass is 9.53. The van der Waals surface area contributed by atoms with Crippen molar-refractivity contribution in [2.75, 3.05) is 6.54 Å². The second-order valence-corrected chi connectivity index (χ2v) is 11.4. The molecule has 1 aliphatic rings. The molecule has 0 spiro atoms. The van der Waals surface area contributed by atoms with Crippen molar-refractivity contribution in [3.05, 3.63) is 100 Å². The average Bonchev–Trinajstić information content (AvgIpc) is 3.35. The SMILES string of the molecule is CC1(C)[C@@H](CNC(=O)[C@H](N)Cc2ccccc2)C[C@H]1c1cc(-c2cccnc2)nn1-c1ccc(Cl)c(Cl)c1. The van der Waals surface area contributed by atoms with E-state index >= 15 is 0 Å². The molecule has 2 aromatic carbocycles. The van der Waals surface area contributed by atoms with Gasteiger partial charge < -0.3 is 11.1 Å². The summed E-state index contributed by atoms with van der Waals surface area (Å²) in [5, 5.41) is 9.02. The predicted molar refractivity (Wildman–Crippen MR) is 153 cm³/mol. The van der Waals surface area contributed by atoms with Crippen LogP contribution < -0.4 is 11.1 Å². The number of hydrogen-bond donors (Lipinski definition) is 2. The largest absolute Gasteiger partial charge is 0.354 e. The Hall–Kier alpha value is -3.19. The molecule has 2 aromatic heterocycles. The molecule has 0 radical (unpaired) electrons. The number of carbonyl (C=O) groups excluding carboxylic acids is 1. The predicted octanol–water partition coefficient (Wildman–Crippen LogP) is 6.06. The van der Waals surface area contributed by atoms with E-state index in [0.29, 0.717) is 28.9 Å². The van der Waals surface area contributed by atoms with Crippen LogP contribution >= 0.6 is 23.2 Å². The maximum absolute atomic E-state index is 12.7. The number of benzene rings is 2. The van der Waals surface area contributed by atoms with Crippen LogP contribution in [0.2, 0.25) is 10.0 Å². The standard InChI is InChI=1S/C30H31Cl2N5O/c1-30(2)21(18-35-29(38)26(33)13-19-7-4-3-5-8-19)14-23(30)28-16-27(20-9-6-12-34-17-20)36-37(28)22-10-11-24(31)25(32)15-22/h3-12,15-17,21,23,26H,13-14,18,33H2,1-2H3,(H,35,38)/t21-,23+,26-/m1/s1. The number of carbonyl (C=O) groups is 1. The van der Waals surface area contributed by atoms with Crippen molar-refractivity contribution in [2.24, 2.45) is 17.1 Å². The molecule has 1 fully saturated rings. The van der Waals surface area contributed by atoms with E-state index in [2.05, 4.69) is 30.2 Å². The van der Waals surface area contributed by atoms with Gasteiger partial charge in [0.2, 0.25) is 5.91 Å². The van der Waals surface area contributed by atoms with E-state index < -0.39 is 6.04 Å². The topological polar surface area (TPSA) is 85.8 Å². The molecule has 0 aliphatic heterocycles. The van der Waals surface area contributed by atoms with Crippen LogP contribution in [0.4, 0.5) is 0 Å². The molecule has 6 nitrogen and oxygen atoms in total. The molecule has 1 amide bonds. The van der Waals surface area contributed by atoms with Crippen LogP contribution in [0.5, 0.6) is 0 Å². The first-order chi connectivity index (χ1) is 18.2. The van der Waals surface area contributed by atoms with Crippen molar-refractivity contribution in [1.82, 2.24) is 20.1 Å². The molecule has 0 unspecified atom stereocenters. The number of pyridine rings is 1. The number of aromatic nitrogens is 3. The third kappa shape index (κ3) is 5.35. The highest BCUT2D eigenvalue weighted by atomic mass is 35.5. The number of rotatable bonds is 8. The summed E-state index contributed by atoms with van der Waals surface area (Å²) in [7, 11) is 0. The molecular weight excluding hydrogens is 517 g/mol. The van der Waals surface area contributed by atoms with Gasteiger partial charge in [0.05, 0.1) is 27.5 Å². The van der Waals surface area contributed by atoms with Crippen LogP contribution in [-0.2, 0) is 11.2 Å². The van der Waals surface area contributed by atoms with E-state index in [1.807, 2.05) is 65.5 Å². The zero-order chi connectivity index (χ0) is 26.9. The molecule has 8 heteroatoms. The third-order valence-corrected chi connectivity index (χ3v) is 8.57. The van der Waals surface area contributed by atoms with Crippen molar-refractivity contribution < 1.29 is 4.79 Å². The van der Waals surface area contributed by atoms with E-state index in [1.165, 1.54) is 0 Å². The summed E-state index contributed by atoms with van der Waals surface area (Å²) in [5.74, 6) is 0.418. The molecular formula is C30H31Cl2N5O. The van der Waals surface area contributed by atoms with Gasteiger partial charge in [0.25, 0.3) is 0 Å². The minimum Gasteiger partial charge on any atom is -0.354 e. The Morgan fingerprint density at radius 3 is 2.58 bits per heavy atom. The quantitative estimate of drug-likeness (QED) is 0.281. The van der Waals surface area contributed by atoms with Gasteiger partial charge >= 0.3 is 0 Å². The number of nitrogens with zero attached hydrogens (tertiary/aromatic N) is 3. The minimum atomic E-state index is -0.575. The van der Waals surface area contributed by atoms with Gasteiger partial charge in [-0.05, 0) is 66.1 Å². The second-order valence-electron chi connectivity index (χ2n) is 10.6. The summed E-state index contributed by atoms with van der Waals surface area (Å²) >= 11 is 12.5. The first-order valence-electron chi connectivity index (χ1n) is 12.8. The first kappa shape index (κ1) is 26.4. The van der Waals surface area contributed by atoms with E-state index in [0.717, 1.165) is 34.6 Å². The van der Waals surface area contributed by atoms with Gasteiger partial charge in [-0.25, -0.2) is 4.68 Å². The van der Waals surface area contributed by atoms with Crippen LogP contribution in [0.15, 0.2) is 79.1 Å². The Kier molecular flexibility index (Phi) is 7.57. The molecule has 3 N–H and O–H groups in total. The lowest BCUT2D eigenvalue weighted by Crippen LogP contribution is -2.51. The van der Waals surface area contributed by atoms with Crippen molar-refractivity contribution in [3.8, 4) is 16.9 Å². The zero-order valence-electron chi connectivity index (χ0n) is 21.4. The zero-order valence-corrected chi connectivity index (χ0v) is 23.0. The van der Waals surface area contributed by atoms with Crippen molar-refractivity contribution >= 4 is 29.1 Å². The number of nitrogens with two attached hydrogens (primary N) is 1. The normalized spacial score (nSPS) is 19.0. The summed E-state index contributed by atoms with van der Waals surface area (Å²) in [4.78, 5) is 17.0. The Morgan fingerprint density at radius 2 is 1.89 bits per heavy atom. The molecule has 3 atom stereocenters. The Balaban J connectivity index is 1.33. The Morgan fingerprint density at radius 1 is 1.11 bits per heavy atom. The number of halogens is 2.